The highest BCUT2D eigenvalue weighted by molar-refractivity contribution is 4.64. The molecule has 1 rings (SSSR count). The molecule has 0 heterocycles. The second-order valence-corrected chi connectivity index (χ2v) is 6.58. The molecule has 2 atom stereocenters. The summed E-state index contributed by atoms with van der Waals surface area (Å²) < 4.78 is 0. The minimum Gasteiger partial charge on any atom is -0.264 e. The first kappa shape index (κ1) is 17.5. The first-order valence-electron chi connectivity index (χ1n) is 8.87. The molecular weight excluding hydrogens is 250 g/mol. The number of hydrogen-bond donors (Lipinski definition) is 0. The molecule has 3 heteroatoms. The lowest BCUT2D eigenvalue weighted by Gasteiger charge is -2.17. The number of nitrogens with zero attached hydrogens (tertiary/aromatic N) is 1. The van der Waals surface area contributed by atoms with Gasteiger partial charge in [0.2, 0.25) is 6.04 Å². The normalized spacial score (nSPS) is 27.6. The summed E-state index contributed by atoms with van der Waals surface area (Å²) in [5.74, 6) is 0.815. The Hall–Kier alpha value is -0.600. The van der Waals surface area contributed by atoms with Gasteiger partial charge >= 0.3 is 0 Å². The van der Waals surface area contributed by atoms with E-state index in [9.17, 15) is 10.1 Å². The molecule has 118 valence electrons. The first-order chi connectivity index (χ1) is 9.74. The van der Waals surface area contributed by atoms with Crippen molar-refractivity contribution < 1.29 is 4.92 Å². The van der Waals surface area contributed by atoms with E-state index in [-0.39, 0.29) is 11.0 Å². The molecule has 1 aliphatic rings. The van der Waals surface area contributed by atoms with Crippen LogP contribution in [-0.4, -0.2) is 11.0 Å². The van der Waals surface area contributed by atoms with E-state index in [0.717, 1.165) is 31.6 Å². The van der Waals surface area contributed by atoms with Crippen LogP contribution < -0.4 is 0 Å². The molecule has 1 saturated carbocycles. The topological polar surface area (TPSA) is 43.1 Å². The highest BCUT2D eigenvalue weighted by Crippen LogP contribution is 2.24. The lowest BCUT2D eigenvalue weighted by Crippen LogP contribution is -2.19. The van der Waals surface area contributed by atoms with Crippen LogP contribution in [0.2, 0.25) is 0 Å². The second-order valence-electron chi connectivity index (χ2n) is 6.58. The first-order valence-corrected chi connectivity index (χ1v) is 8.87. The van der Waals surface area contributed by atoms with E-state index in [2.05, 4.69) is 6.92 Å². The molecule has 0 amide bonds. The van der Waals surface area contributed by atoms with Gasteiger partial charge in [0.05, 0.1) is 0 Å². The Morgan fingerprint density at radius 1 is 0.850 bits per heavy atom. The van der Waals surface area contributed by atoms with Gasteiger partial charge in [0.15, 0.2) is 0 Å². The molecule has 1 fully saturated rings. The minimum atomic E-state index is -0.278. The molecule has 0 N–H and O–H groups in total. The Morgan fingerprint density at radius 2 is 1.35 bits per heavy atom. The summed E-state index contributed by atoms with van der Waals surface area (Å²) in [4.78, 5) is 11.1. The maximum absolute atomic E-state index is 11.1. The molecule has 0 aliphatic heterocycles. The van der Waals surface area contributed by atoms with Crippen LogP contribution in [0.5, 0.6) is 0 Å². The van der Waals surface area contributed by atoms with E-state index in [1.54, 1.807) is 0 Å². The minimum absolute atomic E-state index is 0.0271. The van der Waals surface area contributed by atoms with Crippen molar-refractivity contribution in [1.29, 1.82) is 0 Å². The SMILES string of the molecule is CCCC1CCCCCCCCCC([N+](=O)[O-])CCC1. The van der Waals surface area contributed by atoms with Gasteiger partial charge in [0.25, 0.3) is 0 Å². The van der Waals surface area contributed by atoms with Gasteiger partial charge in [-0.25, -0.2) is 0 Å². The van der Waals surface area contributed by atoms with E-state index < -0.39 is 0 Å². The lowest BCUT2D eigenvalue weighted by atomic mass is 9.89. The van der Waals surface area contributed by atoms with Gasteiger partial charge in [-0.3, -0.25) is 10.1 Å². The van der Waals surface area contributed by atoms with Crippen LogP contribution in [0.4, 0.5) is 0 Å². The van der Waals surface area contributed by atoms with Crippen LogP contribution in [-0.2, 0) is 0 Å². The Bertz CT molecular complexity index is 255. The largest absolute Gasteiger partial charge is 0.264 e. The molecule has 0 aromatic carbocycles. The summed E-state index contributed by atoms with van der Waals surface area (Å²) in [6, 6.07) is -0.278. The fraction of sp³-hybridized carbons (Fsp3) is 1.00. The fourth-order valence-electron chi connectivity index (χ4n) is 3.54. The molecule has 20 heavy (non-hydrogen) atoms. The summed E-state index contributed by atoms with van der Waals surface area (Å²) in [5.41, 5.74) is 0. The third kappa shape index (κ3) is 7.86. The van der Waals surface area contributed by atoms with Crippen molar-refractivity contribution >= 4 is 0 Å². The van der Waals surface area contributed by atoms with Gasteiger partial charge in [0, 0.05) is 17.8 Å². The molecular formula is C17H33NO2. The summed E-state index contributed by atoms with van der Waals surface area (Å²) in [5, 5.41) is 11.1. The molecule has 1 aliphatic carbocycles. The van der Waals surface area contributed by atoms with Gasteiger partial charge in [-0.2, -0.15) is 0 Å². The van der Waals surface area contributed by atoms with E-state index in [1.807, 2.05) is 0 Å². The van der Waals surface area contributed by atoms with Crippen LogP contribution in [0, 0.1) is 16.0 Å². The third-order valence-electron chi connectivity index (χ3n) is 4.79. The van der Waals surface area contributed by atoms with Crippen molar-refractivity contribution in [3.8, 4) is 0 Å². The maximum atomic E-state index is 11.1. The number of nitro groups is 1. The van der Waals surface area contributed by atoms with Crippen molar-refractivity contribution in [3.05, 3.63) is 10.1 Å². The van der Waals surface area contributed by atoms with Crippen molar-refractivity contribution in [2.24, 2.45) is 5.92 Å². The Labute approximate surface area is 124 Å². The summed E-state index contributed by atoms with van der Waals surface area (Å²) >= 11 is 0. The molecule has 0 aromatic rings. The van der Waals surface area contributed by atoms with Crippen molar-refractivity contribution in [2.45, 2.75) is 103 Å². The van der Waals surface area contributed by atoms with E-state index in [4.69, 9.17) is 0 Å². The highest BCUT2D eigenvalue weighted by Gasteiger charge is 2.20. The zero-order valence-corrected chi connectivity index (χ0v) is 13.3. The van der Waals surface area contributed by atoms with Gasteiger partial charge in [-0.1, -0.05) is 71.1 Å². The smallest absolute Gasteiger partial charge is 0.213 e. The Balaban J connectivity index is 2.43. The summed E-state index contributed by atoms with van der Waals surface area (Å²) in [7, 11) is 0. The molecule has 3 nitrogen and oxygen atoms in total. The van der Waals surface area contributed by atoms with E-state index >= 15 is 0 Å². The van der Waals surface area contributed by atoms with Crippen LogP contribution in [0.1, 0.15) is 96.8 Å². The van der Waals surface area contributed by atoms with Gasteiger partial charge in [-0.15, -0.1) is 0 Å². The molecule has 0 spiro atoms. The summed E-state index contributed by atoms with van der Waals surface area (Å²) in [6.07, 6.45) is 16.7. The maximum Gasteiger partial charge on any atom is 0.213 e. The highest BCUT2D eigenvalue weighted by atomic mass is 16.6. The average Bonchev–Trinajstić information content (AvgIpc) is 2.42. The predicted octanol–water partition coefficient (Wildman–Crippen LogP) is 5.74. The average molecular weight is 283 g/mol. The van der Waals surface area contributed by atoms with E-state index in [1.165, 1.54) is 64.2 Å². The molecule has 0 saturated heterocycles. The Kier molecular flexibility index (Phi) is 9.69. The van der Waals surface area contributed by atoms with Gasteiger partial charge in [-0.05, 0) is 18.8 Å². The third-order valence-corrected chi connectivity index (χ3v) is 4.79. The van der Waals surface area contributed by atoms with Crippen LogP contribution >= 0.6 is 0 Å². The Morgan fingerprint density at radius 3 is 1.95 bits per heavy atom. The zero-order chi connectivity index (χ0) is 14.6. The lowest BCUT2D eigenvalue weighted by molar-refractivity contribution is -0.524. The zero-order valence-electron chi connectivity index (χ0n) is 13.3. The summed E-state index contributed by atoms with van der Waals surface area (Å²) in [6.45, 7) is 2.26. The monoisotopic (exact) mass is 283 g/mol. The fourth-order valence-corrected chi connectivity index (χ4v) is 3.54. The molecule has 0 aromatic heterocycles. The van der Waals surface area contributed by atoms with Crippen LogP contribution in [0.15, 0.2) is 0 Å². The van der Waals surface area contributed by atoms with Crippen molar-refractivity contribution in [2.75, 3.05) is 0 Å². The number of hydrogen-bond acceptors (Lipinski definition) is 2. The van der Waals surface area contributed by atoms with Crippen molar-refractivity contribution in [3.63, 3.8) is 0 Å². The van der Waals surface area contributed by atoms with Crippen LogP contribution in [0.25, 0.3) is 0 Å². The number of rotatable bonds is 3. The standard InChI is InChI=1S/C17H33NO2/c1-2-11-16-12-8-6-4-3-5-7-9-14-17(18(19)20)15-10-13-16/h16-17H,2-15H2,1H3. The molecule has 2 unspecified atom stereocenters. The van der Waals surface area contributed by atoms with Crippen molar-refractivity contribution in [1.82, 2.24) is 0 Å². The van der Waals surface area contributed by atoms with Crippen LogP contribution in [0.3, 0.4) is 0 Å². The quantitative estimate of drug-likeness (QED) is 0.489. The van der Waals surface area contributed by atoms with Gasteiger partial charge < -0.3 is 0 Å². The molecule has 0 bridgehead atoms. The van der Waals surface area contributed by atoms with Gasteiger partial charge in [0.1, 0.15) is 0 Å². The molecule has 0 radical (unpaired) electrons. The second kappa shape index (κ2) is 11.1. The predicted molar refractivity (Wildman–Crippen MR) is 84.6 cm³/mol. The van der Waals surface area contributed by atoms with E-state index in [0.29, 0.717) is 0 Å².